The minimum absolute atomic E-state index is 0.00162. The molecule has 26 heavy (non-hydrogen) atoms. The van der Waals surface area contributed by atoms with Crippen molar-refractivity contribution in [3.63, 3.8) is 0 Å². The molecule has 2 N–H and O–H groups in total. The minimum Gasteiger partial charge on any atom is -0.481 e. The van der Waals surface area contributed by atoms with E-state index >= 15 is 0 Å². The molecule has 0 saturated carbocycles. The number of carbonyl (C=O) groups excluding carboxylic acids is 1. The van der Waals surface area contributed by atoms with E-state index < -0.39 is 11.9 Å². The van der Waals surface area contributed by atoms with Crippen molar-refractivity contribution < 1.29 is 19.1 Å². The molecule has 0 fully saturated rings. The van der Waals surface area contributed by atoms with Crippen molar-refractivity contribution in [1.82, 2.24) is 9.88 Å². The van der Waals surface area contributed by atoms with Gasteiger partial charge in [0.1, 0.15) is 5.82 Å². The summed E-state index contributed by atoms with van der Waals surface area (Å²) in [6, 6.07) is 13.0. The average Bonchev–Trinajstić information content (AvgIpc) is 3.00. The van der Waals surface area contributed by atoms with E-state index in [1.807, 2.05) is 29.9 Å². The van der Waals surface area contributed by atoms with Crippen LogP contribution in [0.3, 0.4) is 0 Å². The Hall–Kier alpha value is -3.15. The highest BCUT2D eigenvalue weighted by Crippen LogP contribution is 2.17. The zero-order chi connectivity index (χ0) is 18.7. The van der Waals surface area contributed by atoms with E-state index in [0.717, 1.165) is 10.9 Å². The zero-order valence-electron chi connectivity index (χ0n) is 14.3. The Morgan fingerprint density at radius 3 is 2.58 bits per heavy atom. The normalized spacial score (nSPS) is 12.1. The molecule has 1 aromatic heterocycles. The summed E-state index contributed by atoms with van der Waals surface area (Å²) in [6.07, 6.45) is 2.13. The summed E-state index contributed by atoms with van der Waals surface area (Å²) in [7, 11) is 1.93. The van der Waals surface area contributed by atoms with Crippen LogP contribution in [-0.4, -0.2) is 28.1 Å². The lowest BCUT2D eigenvalue weighted by Gasteiger charge is -2.14. The number of carboxylic acid groups (broad SMARTS) is 1. The molecule has 134 valence electrons. The fraction of sp³-hybridized carbons (Fsp3) is 0.200. The van der Waals surface area contributed by atoms with Crippen LogP contribution in [0.15, 0.2) is 54.7 Å². The number of aromatic nitrogens is 1. The van der Waals surface area contributed by atoms with Crippen LogP contribution in [0, 0.1) is 11.7 Å². The first-order valence-corrected chi connectivity index (χ1v) is 8.24. The fourth-order valence-electron chi connectivity index (χ4n) is 2.89. The predicted octanol–water partition coefficient (Wildman–Crippen LogP) is 2.99. The predicted molar refractivity (Wildman–Crippen MR) is 96.5 cm³/mol. The second kappa shape index (κ2) is 7.39. The van der Waals surface area contributed by atoms with Crippen LogP contribution < -0.4 is 5.32 Å². The molecule has 2 aromatic carbocycles. The molecule has 1 unspecified atom stereocenters. The number of benzene rings is 2. The molecule has 0 aliphatic heterocycles. The Morgan fingerprint density at radius 1 is 1.15 bits per heavy atom. The smallest absolute Gasteiger partial charge is 0.308 e. The van der Waals surface area contributed by atoms with E-state index in [2.05, 4.69) is 5.32 Å². The van der Waals surface area contributed by atoms with E-state index in [-0.39, 0.29) is 24.7 Å². The number of aliphatic carboxylic acids is 1. The van der Waals surface area contributed by atoms with Gasteiger partial charge in [0.25, 0.3) is 5.91 Å². The molecule has 1 heterocycles. The molecule has 6 heteroatoms. The van der Waals surface area contributed by atoms with E-state index in [4.69, 9.17) is 0 Å². The Labute approximate surface area is 150 Å². The molecule has 5 nitrogen and oxygen atoms in total. The third-order valence-corrected chi connectivity index (χ3v) is 4.40. The van der Waals surface area contributed by atoms with Gasteiger partial charge in [0, 0.05) is 36.3 Å². The van der Waals surface area contributed by atoms with E-state index in [0.29, 0.717) is 11.1 Å². The first-order chi connectivity index (χ1) is 12.4. The number of nitrogens with one attached hydrogen (secondary N) is 1. The lowest BCUT2D eigenvalue weighted by Crippen LogP contribution is -2.34. The fourth-order valence-corrected chi connectivity index (χ4v) is 2.89. The van der Waals surface area contributed by atoms with Gasteiger partial charge in [-0.15, -0.1) is 0 Å². The largest absolute Gasteiger partial charge is 0.481 e. The second-order valence-corrected chi connectivity index (χ2v) is 6.28. The average molecular weight is 354 g/mol. The van der Waals surface area contributed by atoms with Crippen molar-refractivity contribution >= 4 is 22.8 Å². The number of nitrogens with zero attached hydrogens (tertiary/aromatic N) is 1. The van der Waals surface area contributed by atoms with Gasteiger partial charge in [0.15, 0.2) is 0 Å². The quantitative estimate of drug-likeness (QED) is 0.715. The van der Waals surface area contributed by atoms with Gasteiger partial charge in [-0.25, -0.2) is 4.39 Å². The first kappa shape index (κ1) is 17.7. The summed E-state index contributed by atoms with van der Waals surface area (Å²) >= 11 is 0. The minimum atomic E-state index is -1.01. The van der Waals surface area contributed by atoms with Gasteiger partial charge in [-0.1, -0.05) is 12.1 Å². The Morgan fingerprint density at radius 2 is 1.88 bits per heavy atom. The molecule has 3 rings (SSSR count). The third-order valence-electron chi connectivity index (χ3n) is 4.40. The van der Waals surface area contributed by atoms with Gasteiger partial charge in [-0.05, 0) is 48.4 Å². The summed E-state index contributed by atoms with van der Waals surface area (Å²) in [5.74, 6) is -2.48. The maximum atomic E-state index is 13.0. The molecule has 1 amide bonds. The summed E-state index contributed by atoms with van der Waals surface area (Å²) in [6.45, 7) is -0.00162. The molecule has 0 bridgehead atoms. The van der Waals surface area contributed by atoms with Crippen LogP contribution >= 0.6 is 0 Å². The lowest BCUT2D eigenvalue weighted by atomic mass is 9.99. The van der Waals surface area contributed by atoms with Crippen molar-refractivity contribution in [3.8, 4) is 0 Å². The van der Waals surface area contributed by atoms with Gasteiger partial charge in [0.05, 0.1) is 5.92 Å². The number of rotatable bonds is 6. The van der Waals surface area contributed by atoms with Gasteiger partial charge in [0.2, 0.25) is 0 Å². The van der Waals surface area contributed by atoms with Crippen LogP contribution in [0.4, 0.5) is 4.39 Å². The number of amides is 1. The van der Waals surface area contributed by atoms with Crippen molar-refractivity contribution in [2.75, 3.05) is 6.54 Å². The lowest BCUT2D eigenvalue weighted by molar-refractivity contribution is -0.141. The molecular weight excluding hydrogens is 335 g/mol. The van der Waals surface area contributed by atoms with Crippen LogP contribution in [0.25, 0.3) is 10.9 Å². The van der Waals surface area contributed by atoms with Crippen LogP contribution in [0.2, 0.25) is 0 Å². The number of fused-ring (bicyclic) bond motifs is 1. The monoisotopic (exact) mass is 354 g/mol. The zero-order valence-corrected chi connectivity index (χ0v) is 14.3. The summed E-state index contributed by atoms with van der Waals surface area (Å²) < 4.78 is 14.9. The number of carbonyl (C=O) groups is 2. The first-order valence-electron chi connectivity index (χ1n) is 8.24. The third kappa shape index (κ3) is 3.91. The van der Waals surface area contributed by atoms with Gasteiger partial charge >= 0.3 is 5.97 Å². The molecule has 0 spiro atoms. The van der Waals surface area contributed by atoms with E-state index in [1.54, 1.807) is 24.3 Å². The Balaban J connectivity index is 1.66. The van der Waals surface area contributed by atoms with Crippen molar-refractivity contribution in [2.45, 2.75) is 6.42 Å². The van der Waals surface area contributed by atoms with Crippen LogP contribution in [0.1, 0.15) is 15.9 Å². The maximum absolute atomic E-state index is 13.0. The number of carboxylic acids is 1. The second-order valence-electron chi connectivity index (χ2n) is 6.28. The van der Waals surface area contributed by atoms with Gasteiger partial charge in [-0.2, -0.15) is 0 Å². The summed E-state index contributed by atoms with van der Waals surface area (Å²) in [5, 5.41) is 13.0. The molecule has 0 saturated heterocycles. The van der Waals surface area contributed by atoms with Gasteiger partial charge < -0.3 is 15.0 Å². The topological polar surface area (TPSA) is 71.3 Å². The number of hydrogen-bond acceptors (Lipinski definition) is 2. The maximum Gasteiger partial charge on any atom is 0.308 e. The number of hydrogen-bond donors (Lipinski definition) is 2. The van der Waals surface area contributed by atoms with E-state index in [9.17, 15) is 19.1 Å². The molecule has 1 atom stereocenters. The van der Waals surface area contributed by atoms with Crippen molar-refractivity contribution in [1.29, 1.82) is 0 Å². The van der Waals surface area contributed by atoms with Crippen molar-refractivity contribution in [3.05, 3.63) is 71.7 Å². The Kier molecular flexibility index (Phi) is 5.02. The SMILES string of the molecule is Cn1ccc2cc(C(=O)NCC(Cc3ccc(F)cc3)C(=O)O)ccc21. The van der Waals surface area contributed by atoms with Crippen LogP contribution in [0.5, 0.6) is 0 Å². The highest BCUT2D eigenvalue weighted by Gasteiger charge is 2.19. The summed E-state index contributed by atoms with van der Waals surface area (Å²) in [5.41, 5.74) is 2.20. The summed E-state index contributed by atoms with van der Waals surface area (Å²) in [4.78, 5) is 23.8. The number of aryl methyl sites for hydroxylation is 1. The number of halogens is 1. The molecular formula is C20H19FN2O3. The highest BCUT2D eigenvalue weighted by atomic mass is 19.1. The molecule has 3 aromatic rings. The molecule has 0 aliphatic carbocycles. The molecule has 0 radical (unpaired) electrons. The van der Waals surface area contributed by atoms with Crippen molar-refractivity contribution in [2.24, 2.45) is 13.0 Å². The molecule has 0 aliphatic rings. The highest BCUT2D eigenvalue weighted by molar-refractivity contribution is 5.98. The Bertz CT molecular complexity index is 947. The van der Waals surface area contributed by atoms with Crippen LogP contribution in [-0.2, 0) is 18.3 Å². The van der Waals surface area contributed by atoms with Gasteiger partial charge in [-0.3, -0.25) is 9.59 Å². The van der Waals surface area contributed by atoms with E-state index in [1.165, 1.54) is 12.1 Å². The standard InChI is InChI=1S/C20H19FN2O3/c1-23-9-8-14-11-15(4-7-18(14)23)19(24)22-12-16(20(25)26)10-13-2-5-17(21)6-3-13/h2-9,11,16H,10,12H2,1H3,(H,22,24)(H,25,26).